The van der Waals surface area contributed by atoms with Crippen LogP contribution < -0.4 is 5.32 Å². The number of nitrogens with one attached hydrogen (secondary N) is 1. The number of carbonyl (C=O) groups is 2. The number of alkyl halides is 3. The molecule has 1 aromatic rings. The average Bonchev–Trinajstić information content (AvgIpc) is 2.41. The lowest BCUT2D eigenvalue weighted by Gasteiger charge is -2.08. The molecule has 0 fully saturated rings. The first-order valence-electron chi connectivity index (χ1n) is 5.76. The molecule has 0 unspecified atom stereocenters. The summed E-state index contributed by atoms with van der Waals surface area (Å²) in [5, 5.41) is 10.5. The molecule has 0 saturated carbocycles. The second-order valence-corrected chi connectivity index (χ2v) is 3.93. The second-order valence-electron chi connectivity index (χ2n) is 3.93. The number of amides is 1. The summed E-state index contributed by atoms with van der Waals surface area (Å²) in [6.07, 6.45) is -6.80. The SMILES string of the molecule is O=C(N/C(=C\CC(F)(F)F)C(=O)O)OCc1ccccc1. The van der Waals surface area contributed by atoms with Crippen LogP contribution in [0, 0.1) is 0 Å². The van der Waals surface area contributed by atoms with Gasteiger partial charge in [0.1, 0.15) is 12.3 Å². The Hall–Kier alpha value is -2.51. The number of hydrogen-bond acceptors (Lipinski definition) is 3. The zero-order valence-corrected chi connectivity index (χ0v) is 10.7. The van der Waals surface area contributed by atoms with Gasteiger partial charge in [-0.15, -0.1) is 0 Å². The largest absolute Gasteiger partial charge is 0.477 e. The molecule has 0 aliphatic carbocycles. The molecule has 5 nitrogen and oxygen atoms in total. The van der Waals surface area contributed by atoms with E-state index in [0.29, 0.717) is 11.6 Å². The van der Waals surface area contributed by atoms with Crippen molar-refractivity contribution in [1.82, 2.24) is 5.32 Å². The molecule has 0 radical (unpaired) electrons. The Kier molecular flexibility index (Phi) is 5.77. The summed E-state index contributed by atoms with van der Waals surface area (Å²) in [7, 11) is 0. The van der Waals surface area contributed by atoms with E-state index in [1.807, 2.05) is 0 Å². The van der Waals surface area contributed by atoms with Crippen LogP contribution in [-0.2, 0) is 16.1 Å². The van der Waals surface area contributed by atoms with Gasteiger partial charge in [0, 0.05) is 0 Å². The van der Waals surface area contributed by atoms with Crippen molar-refractivity contribution in [1.29, 1.82) is 0 Å². The molecule has 0 heterocycles. The van der Waals surface area contributed by atoms with Crippen molar-refractivity contribution in [2.45, 2.75) is 19.2 Å². The van der Waals surface area contributed by atoms with E-state index in [2.05, 4.69) is 0 Å². The molecule has 1 rings (SSSR count). The van der Waals surface area contributed by atoms with E-state index in [9.17, 15) is 22.8 Å². The zero-order chi connectivity index (χ0) is 15.9. The van der Waals surface area contributed by atoms with E-state index in [1.54, 1.807) is 35.6 Å². The van der Waals surface area contributed by atoms with Gasteiger partial charge in [0.05, 0.1) is 6.42 Å². The Morgan fingerprint density at radius 2 is 1.86 bits per heavy atom. The van der Waals surface area contributed by atoms with E-state index >= 15 is 0 Å². The Morgan fingerprint density at radius 1 is 1.24 bits per heavy atom. The van der Waals surface area contributed by atoms with Crippen molar-refractivity contribution in [3.8, 4) is 0 Å². The molecule has 0 atom stereocenters. The third-order valence-corrected chi connectivity index (χ3v) is 2.22. The van der Waals surface area contributed by atoms with Crippen LogP contribution in [0.25, 0.3) is 0 Å². The number of carbonyl (C=O) groups excluding carboxylic acids is 1. The zero-order valence-electron chi connectivity index (χ0n) is 10.7. The first kappa shape index (κ1) is 16.5. The molecule has 8 heteroatoms. The molecule has 0 bridgehead atoms. The summed E-state index contributed by atoms with van der Waals surface area (Å²) in [6, 6.07) is 8.52. The van der Waals surface area contributed by atoms with Crippen molar-refractivity contribution in [3.05, 3.63) is 47.7 Å². The Bertz CT molecular complexity index is 526. The molecule has 2 N–H and O–H groups in total. The summed E-state index contributed by atoms with van der Waals surface area (Å²) in [6.45, 7) is -0.126. The molecule has 1 aromatic carbocycles. The van der Waals surface area contributed by atoms with Crippen LogP contribution >= 0.6 is 0 Å². The standard InChI is InChI=1S/C13H12F3NO4/c14-13(15,16)7-6-10(11(18)19)17-12(20)21-8-9-4-2-1-3-5-9/h1-6H,7-8H2,(H,17,20)(H,18,19)/b10-6-. The molecular weight excluding hydrogens is 291 g/mol. The molecule has 114 valence electrons. The van der Waals surface area contributed by atoms with Gasteiger partial charge in [0.15, 0.2) is 0 Å². The van der Waals surface area contributed by atoms with Crippen molar-refractivity contribution in [2.75, 3.05) is 0 Å². The highest BCUT2D eigenvalue weighted by molar-refractivity contribution is 5.90. The monoisotopic (exact) mass is 303 g/mol. The van der Waals surface area contributed by atoms with Crippen molar-refractivity contribution < 1.29 is 32.6 Å². The lowest BCUT2D eigenvalue weighted by molar-refractivity contribution is -0.133. The highest BCUT2D eigenvalue weighted by atomic mass is 19.4. The lowest BCUT2D eigenvalue weighted by Crippen LogP contribution is -2.28. The Balaban J connectivity index is 2.55. The maximum atomic E-state index is 12.0. The third-order valence-electron chi connectivity index (χ3n) is 2.22. The number of allylic oxidation sites excluding steroid dienone is 1. The highest BCUT2D eigenvalue weighted by Gasteiger charge is 2.26. The van der Waals surface area contributed by atoms with E-state index in [4.69, 9.17) is 9.84 Å². The molecule has 0 aliphatic heterocycles. The smallest absolute Gasteiger partial charge is 0.412 e. The number of benzene rings is 1. The molecule has 21 heavy (non-hydrogen) atoms. The van der Waals surface area contributed by atoms with Crippen LogP contribution in [0.1, 0.15) is 12.0 Å². The third kappa shape index (κ3) is 7.00. The van der Waals surface area contributed by atoms with Crippen LogP contribution in [-0.4, -0.2) is 23.3 Å². The van der Waals surface area contributed by atoms with E-state index in [-0.39, 0.29) is 6.61 Å². The number of rotatable bonds is 5. The minimum absolute atomic E-state index is 0.126. The minimum Gasteiger partial charge on any atom is -0.477 e. The molecule has 0 aliphatic rings. The predicted molar refractivity (Wildman–Crippen MR) is 66.2 cm³/mol. The van der Waals surface area contributed by atoms with Gasteiger partial charge >= 0.3 is 18.2 Å². The molecular formula is C13H12F3NO4. The van der Waals surface area contributed by atoms with Crippen molar-refractivity contribution >= 4 is 12.1 Å². The number of alkyl carbamates (subject to hydrolysis) is 1. The van der Waals surface area contributed by atoms with Gasteiger partial charge in [-0.25, -0.2) is 9.59 Å². The van der Waals surface area contributed by atoms with Crippen molar-refractivity contribution in [3.63, 3.8) is 0 Å². The number of carboxylic acids is 1. The van der Waals surface area contributed by atoms with Gasteiger partial charge in [-0.1, -0.05) is 30.3 Å². The topological polar surface area (TPSA) is 75.6 Å². The van der Waals surface area contributed by atoms with Crippen LogP contribution in [0.15, 0.2) is 42.1 Å². The maximum Gasteiger partial charge on any atom is 0.412 e. The second kappa shape index (κ2) is 7.32. The quantitative estimate of drug-likeness (QED) is 0.820. The van der Waals surface area contributed by atoms with Gasteiger partial charge in [0.2, 0.25) is 0 Å². The molecule has 1 amide bonds. The number of hydrogen-bond donors (Lipinski definition) is 2. The number of carboxylic acid groups (broad SMARTS) is 1. The van der Waals surface area contributed by atoms with Crippen LogP contribution in [0.5, 0.6) is 0 Å². The van der Waals surface area contributed by atoms with Gasteiger partial charge in [-0.3, -0.25) is 5.32 Å². The molecule has 0 aromatic heterocycles. The predicted octanol–water partition coefficient (Wildman–Crippen LogP) is 2.83. The summed E-state index contributed by atoms with van der Waals surface area (Å²) in [4.78, 5) is 22.1. The van der Waals surface area contributed by atoms with Gasteiger partial charge in [-0.05, 0) is 11.6 Å². The summed E-state index contributed by atoms with van der Waals surface area (Å²) in [5.74, 6) is -1.68. The summed E-state index contributed by atoms with van der Waals surface area (Å²) in [5.41, 5.74) is -0.228. The maximum absolute atomic E-state index is 12.0. The van der Waals surface area contributed by atoms with Crippen LogP contribution in [0.4, 0.5) is 18.0 Å². The lowest BCUT2D eigenvalue weighted by atomic mass is 10.2. The van der Waals surface area contributed by atoms with Gasteiger partial charge in [-0.2, -0.15) is 13.2 Å². The number of aliphatic carboxylic acids is 1. The fourth-order valence-corrected chi connectivity index (χ4v) is 1.28. The van der Waals surface area contributed by atoms with Crippen molar-refractivity contribution in [2.24, 2.45) is 0 Å². The van der Waals surface area contributed by atoms with E-state index in [1.165, 1.54) is 0 Å². The summed E-state index contributed by atoms with van der Waals surface area (Å²) < 4.78 is 40.7. The minimum atomic E-state index is -4.56. The molecule has 0 saturated heterocycles. The number of halogens is 3. The van der Waals surface area contributed by atoms with Gasteiger partial charge < -0.3 is 9.84 Å². The first-order valence-corrected chi connectivity index (χ1v) is 5.76. The normalized spacial score (nSPS) is 11.9. The fraction of sp³-hybridized carbons (Fsp3) is 0.231. The van der Waals surface area contributed by atoms with E-state index in [0.717, 1.165) is 0 Å². The summed E-state index contributed by atoms with van der Waals surface area (Å²) >= 11 is 0. The van der Waals surface area contributed by atoms with Gasteiger partial charge in [0.25, 0.3) is 0 Å². The Labute approximate surface area is 118 Å². The fourth-order valence-electron chi connectivity index (χ4n) is 1.28. The van der Waals surface area contributed by atoms with Crippen LogP contribution in [0.2, 0.25) is 0 Å². The Morgan fingerprint density at radius 3 is 2.38 bits per heavy atom. The molecule has 0 spiro atoms. The highest BCUT2D eigenvalue weighted by Crippen LogP contribution is 2.20. The number of ether oxygens (including phenoxy) is 1. The first-order chi connectivity index (χ1) is 9.78. The van der Waals surface area contributed by atoms with E-state index < -0.39 is 30.4 Å². The van der Waals surface area contributed by atoms with Crippen LogP contribution in [0.3, 0.4) is 0 Å². The average molecular weight is 303 g/mol.